The molecule has 0 radical (unpaired) electrons. The molecule has 1 rings (SSSR count). The Morgan fingerprint density at radius 3 is 2.38 bits per heavy atom. The van der Waals surface area contributed by atoms with Crippen LogP contribution in [0.4, 0.5) is 0 Å². The van der Waals surface area contributed by atoms with Gasteiger partial charge < -0.3 is 10.2 Å². The lowest BCUT2D eigenvalue weighted by atomic mass is 10.0. The zero-order chi connectivity index (χ0) is 6.15. The molecule has 0 spiro atoms. The minimum atomic E-state index is -0.934. The number of aliphatic hydroxyl groups is 1. The van der Waals surface area contributed by atoms with Crippen molar-refractivity contribution in [3.8, 4) is 0 Å². The van der Waals surface area contributed by atoms with Crippen molar-refractivity contribution >= 4 is 5.97 Å². The molecule has 46 valence electrons. The number of nitrogens with one attached hydrogen (secondary N) is 1. The van der Waals surface area contributed by atoms with Crippen LogP contribution in [0.15, 0.2) is 0 Å². The van der Waals surface area contributed by atoms with Gasteiger partial charge in [0.15, 0.2) is 0 Å². The highest BCUT2D eigenvalue weighted by atomic mass is 16.4. The Morgan fingerprint density at radius 1 is 1.75 bits per heavy atom. The molecule has 1 heterocycles. The smallest absolute Gasteiger partial charge is 0.311 e. The molecular weight excluding hydrogens is 110 g/mol. The minimum Gasteiger partial charge on any atom is -0.481 e. The van der Waals surface area contributed by atoms with Gasteiger partial charge in [-0.25, -0.2) is 0 Å². The fraction of sp³-hybridized carbons (Fsp3) is 0.750. The highest BCUT2D eigenvalue weighted by molar-refractivity contribution is 5.72. The van der Waals surface area contributed by atoms with Crippen molar-refractivity contribution in [3.63, 3.8) is 0 Å². The maximum atomic E-state index is 9.99. The second-order valence-electron chi connectivity index (χ2n) is 1.80. The van der Waals surface area contributed by atoms with E-state index in [1.54, 1.807) is 0 Å². The van der Waals surface area contributed by atoms with E-state index in [0.717, 1.165) is 0 Å². The van der Waals surface area contributed by atoms with Crippen LogP contribution in [-0.4, -0.2) is 29.0 Å². The first-order chi connectivity index (χ1) is 3.72. The zero-order valence-corrected chi connectivity index (χ0v) is 4.16. The van der Waals surface area contributed by atoms with Crippen LogP contribution in [0.1, 0.15) is 0 Å². The second-order valence-corrected chi connectivity index (χ2v) is 1.80. The van der Waals surface area contributed by atoms with E-state index in [1.165, 1.54) is 0 Å². The molecule has 2 atom stereocenters. The zero-order valence-electron chi connectivity index (χ0n) is 4.16. The summed E-state index contributed by atoms with van der Waals surface area (Å²) >= 11 is 0. The molecule has 0 bridgehead atoms. The number of aliphatic hydroxyl groups excluding tert-OH is 1. The monoisotopic (exact) mass is 117 g/mol. The lowest BCUT2D eigenvalue weighted by Gasteiger charge is -2.29. The van der Waals surface area contributed by atoms with E-state index in [0.29, 0.717) is 6.54 Å². The quantitative estimate of drug-likeness (QED) is 0.395. The first-order valence-electron chi connectivity index (χ1n) is 2.36. The van der Waals surface area contributed by atoms with Gasteiger partial charge >= 0.3 is 5.97 Å². The molecule has 4 heteroatoms. The summed E-state index contributed by atoms with van der Waals surface area (Å²) in [5.74, 6) is -1.52. The van der Waals surface area contributed by atoms with Gasteiger partial charge in [0, 0.05) is 6.54 Å². The molecule has 3 N–H and O–H groups in total. The van der Waals surface area contributed by atoms with E-state index in [9.17, 15) is 4.79 Å². The van der Waals surface area contributed by atoms with E-state index < -0.39 is 18.1 Å². The van der Waals surface area contributed by atoms with Crippen LogP contribution in [-0.2, 0) is 4.79 Å². The molecule has 0 saturated carbocycles. The van der Waals surface area contributed by atoms with Crippen LogP contribution in [0.5, 0.6) is 0 Å². The molecular formula is C4H7NO3. The van der Waals surface area contributed by atoms with Crippen molar-refractivity contribution < 1.29 is 15.0 Å². The van der Waals surface area contributed by atoms with Crippen LogP contribution in [0, 0.1) is 5.92 Å². The Kier molecular flexibility index (Phi) is 1.19. The average Bonchev–Trinajstić information content (AvgIpc) is 1.61. The van der Waals surface area contributed by atoms with Crippen molar-refractivity contribution in [2.75, 3.05) is 6.54 Å². The van der Waals surface area contributed by atoms with Crippen molar-refractivity contribution in [3.05, 3.63) is 0 Å². The van der Waals surface area contributed by atoms with Gasteiger partial charge in [-0.1, -0.05) is 0 Å². The van der Waals surface area contributed by atoms with Crippen LogP contribution in [0.25, 0.3) is 0 Å². The Balaban J connectivity index is 2.37. The summed E-state index contributed by atoms with van der Waals surface area (Å²) in [7, 11) is 0. The predicted molar refractivity (Wildman–Crippen MR) is 25.1 cm³/mol. The van der Waals surface area contributed by atoms with Gasteiger partial charge in [-0.3, -0.25) is 10.1 Å². The standard InChI is InChI=1S/C4H7NO3/c6-3-2(1-5-3)4(7)8/h2-3,5-6H,1H2,(H,7,8). The summed E-state index contributed by atoms with van der Waals surface area (Å²) in [4.78, 5) is 9.99. The molecule has 0 aromatic carbocycles. The number of hydrogen-bond donors (Lipinski definition) is 3. The Hall–Kier alpha value is -0.610. The predicted octanol–water partition coefficient (Wildman–Crippen LogP) is -1.39. The van der Waals surface area contributed by atoms with Gasteiger partial charge in [0.05, 0.1) is 0 Å². The van der Waals surface area contributed by atoms with Gasteiger partial charge in [-0.2, -0.15) is 0 Å². The number of aliphatic carboxylic acids is 1. The van der Waals surface area contributed by atoms with Gasteiger partial charge in [0.1, 0.15) is 12.1 Å². The summed E-state index contributed by atoms with van der Waals surface area (Å²) in [6.07, 6.45) is -0.826. The highest BCUT2D eigenvalue weighted by Crippen LogP contribution is 2.08. The topological polar surface area (TPSA) is 69.6 Å². The molecule has 0 amide bonds. The summed E-state index contributed by atoms with van der Waals surface area (Å²) in [5, 5.41) is 19.3. The van der Waals surface area contributed by atoms with E-state index in [-0.39, 0.29) is 0 Å². The molecule has 0 aromatic heterocycles. The lowest BCUT2D eigenvalue weighted by Crippen LogP contribution is -2.56. The Bertz CT molecular complexity index is 114. The highest BCUT2D eigenvalue weighted by Gasteiger charge is 2.34. The number of hydrogen-bond acceptors (Lipinski definition) is 3. The molecule has 1 fully saturated rings. The first-order valence-corrected chi connectivity index (χ1v) is 2.36. The van der Waals surface area contributed by atoms with E-state index in [1.807, 2.05) is 0 Å². The second kappa shape index (κ2) is 1.72. The summed E-state index contributed by atoms with van der Waals surface area (Å²) in [6.45, 7) is 0.385. The lowest BCUT2D eigenvalue weighted by molar-refractivity contribution is -0.152. The van der Waals surface area contributed by atoms with E-state index in [4.69, 9.17) is 10.2 Å². The van der Waals surface area contributed by atoms with Crippen LogP contribution < -0.4 is 5.32 Å². The summed E-state index contributed by atoms with van der Waals surface area (Å²) in [6, 6.07) is 0. The third kappa shape index (κ3) is 0.677. The normalized spacial score (nSPS) is 36.1. The number of rotatable bonds is 1. The van der Waals surface area contributed by atoms with Crippen molar-refractivity contribution in [1.82, 2.24) is 5.32 Å². The summed E-state index contributed by atoms with van der Waals surface area (Å²) in [5.41, 5.74) is 0. The molecule has 1 aliphatic heterocycles. The molecule has 1 aliphatic rings. The molecule has 2 unspecified atom stereocenters. The molecule has 1 saturated heterocycles. The Morgan fingerprint density at radius 2 is 2.38 bits per heavy atom. The first kappa shape index (κ1) is 5.53. The number of carboxylic acid groups (broad SMARTS) is 1. The van der Waals surface area contributed by atoms with Gasteiger partial charge in [0.25, 0.3) is 0 Å². The van der Waals surface area contributed by atoms with Gasteiger partial charge in [0.2, 0.25) is 0 Å². The largest absolute Gasteiger partial charge is 0.481 e. The van der Waals surface area contributed by atoms with Crippen LogP contribution in [0.2, 0.25) is 0 Å². The molecule has 4 nitrogen and oxygen atoms in total. The maximum Gasteiger partial charge on any atom is 0.311 e. The van der Waals surface area contributed by atoms with Crippen molar-refractivity contribution in [2.45, 2.75) is 6.23 Å². The van der Waals surface area contributed by atoms with Crippen molar-refractivity contribution in [2.24, 2.45) is 5.92 Å². The SMILES string of the molecule is O=C(O)C1CNC1O. The molecule has 0 aromatic rings. The molecule has 8 heavy (non-hydrogen) atoms. The van der Waals surface area contributed by atoms with E-state index >= 15 is 0 Å². The maximum absolute atomic E-state index is 9.99. The fourth-order valence-electron chi connectivity index (χ4n) is 0.563. The number of carbonyl (C=O) groups is 1. The Labute approximate surface area is 46.1 Å². The summed E-state index contributed by atoms with van der Waals surface area (Å²) < 4.78 is 0. The third-order valence-corrected chi connectivity index (χ3v) is 1.25. The van der Waals surface area contributed by atoms with Crippen LogP contribution >= 0.6 is 0 Å². The number of carboxylic acids is 1. The van der Waals surface area contributed by atoms with E-state index in [2.05, 4.69) is 5.32 Å². The fourth-order valence-corrected chi connectivity index (χ4v) is 0.563. The average molecular weight is 117 g/mol. The van der Waals surface area contributed by atoms with Crippen LogP contribution in [0.3, 0.4) is 0 Å². The minimum absolute atomic E-state index is 0.385. The van der Waals surface area contributed by atoms with Gasteiger partial charge in [-0.15, -0.1) is 0 Å². The third-order valence-electron chi connectivity index (χ3n) is 1.25. The van der Waals surface area contributed by atoms with Gasteiger partial charge in [-0.05, 0) is 0 Å². The molecule has 0 aliphatic carbocycles. The van der Waals surface area contributed by atoms with Crippen molar-refractivity contribution in [1.29, 1.82) is 0 Å².